The topological polar surface area (TPSA) is 26.8 Å². The van der Waals surface area contributed by atoms with Crippen LogP contribution in [-0.4, -0.2) is 56.3 Å². The molecule has 2 aromatic carbocycles. The molecule has 2 aliphatic rings. The van der Waals surface area contributed by atoms with E-state index < -0.39 is 0 Å². The molecule has 0 unspecified atom stereocenters. The van der Waals surface area contributed by atoms with Crippen LogP contribution in [0.15, 0.2) is 41.3 Å². The summed E-state index contributed by atoms with van der Waals surface area (Å²) in [6.45, 7) is 6.81. The van der Waals surface area contributed by atoms with Gasteiger partial charge in [-0.05, 0) is 55.9 Å². The van der Waals surface area contributed by atoms with E-state index in [1.165, 1.54) is 11.3 Å². The zero-order valence-electron chi connectivity index (χ0n) is 17.2. The molecule has 0 saturated carbocycles. The average molecular weight is 462 g/mol. The van der Waals surface area contributed by atoms with Gasteiger partial charge in [-0.3, -0.25) is 4.79 Å². The Hall–Kier alpha value is -1.66. The van der Waals surface area contributed by atoms with Crippen LogP contribution in [0.25, 0.3) is 6.08 Å². The van der Waals surface area contributed by atoms with Crippen LogP contribution in [0, 0.1) is 6.92 Å². The fourth-order valence-electron chi connectivity index (χ4n) is 3.81. The summed E-state index contributed by atoms with van der Waals surface area (Å²) in [4.78, 5) is 20.6. The quantitative estimate of drug-likeness (QED) is 0.588. The molecule has 2 fully saturated rings. The van der Waals surface area contributed by atoms with Crippen LogP contribution in [-0.2, 0) is 4.79 Å². The predicted octanol–water partition coefficient (Wildman–Crippen LogP) is 5.17. The molecule has 0 spiro atoms. The molecule has 30 heavy (non-hydrogen) atoms. The van der Waals surface area contributed by atoms with Crippen molar-refractivity contribution in [3.8, 4) is 0 Å². The molecule has 2 saturated heterocycles. The fraction of sp³-hybridized carbons (Fsp3) is 0.348. The van der Waals surface area contributed by atoms with Crippen molar-refractivity contribution in [1.82, 2.24) is 4.90 Å². The second-order valence-electron chi connectivity index (χ2n) is 7.76. The van der Waals surface area contributed by atoms with Gasteiger partial charge in [-0.2, -0.15) is 0 Å². The third kappa shape index (κ3) is 4.65. The van der Waals surface area contributed by atoms with Gasteiger partial charge in [0.25, 0.3) is 5.91 Å². The van der Waals surface area contributed by atoms with E-state index in [2.05, 4.69) is 48.0 Å². The van der Waals surface area contributed by atoms with Crippen LogP contribution >= 0.6 is 35.0 Å². The van der Waals surface area contributed by atoms with Gasteiger partial charge in [-0.15, -0.1) is 11.8 Å². The first-order valence-corrected chi connectivity index (χ1v) is 11.8. The van der Waals surface area contributed by atoms with E-state index in [1.54, 1.807) is 28.8 Å². The number of aryl methyl sites for hydroxylation is 1. The van der Waals surface area contributed by atoms with Crippen molar-refractivity contribution in [2.24, 2.45) is 0 Å². The number of benzene rings is 2. The minimum absolute atomic E-state index is 0.00970. The Morgan fingerprint density at radius 2 is 1.73 bits per heavy atom. The van der Waals surface area contributed by atoms with Gasteiger partial charge in [-0.1, -0.05) is 34.8 Å². The van der Waals surface area contributed by atoms with Crippen LogP contribution in [0.3, 0.4) is 0 Å². The van der Waals surface area contributed by atoms with Gasteiger partial charge >= 0.3 is 0 Å². The second-order valence-corrected chi connectivity index (χ2v) is 9.72. The minimum Gasteiger partial charge on any atom is -0.368 e. The monoisotopic (exact) mass is 461 g/mol. The molecule has 4 rings (SSSR count). The second kappa shape index (κ2) is 9.23. The van der Waals surface area contributed by atoms with E-state index in [4.69, 9.17) is 23.2 Å². The van der Waals surface area contributed by atoms with Gasteiger partial charge in [0.15, 0.2) is 0 Å². The largest absolute Gasteiger partial charge is 0.368 e. The predicted molar refractivity (Wildman–Crippen MR) is 130 cm³/mol. The Bertz CT molecular complexity index is 986. The highest BCUT2D eigenvalue weighted by atomic mass is 35.5. The average Bonchev–Trinajstić information content (AvgIpc) is 2.73. The van der Waals surface area contributed by atoms with Crippen LogP contribution in [0.1, 0.15) is 11.1 Å². The summed E-state index contributed by atoms with van der Waals surface area (Å²) < 4.78 is 0. The lowest BCUT2D eigenvalue weighted by atomic mass is 10.1. The lowest BCUT2D eigenvalue weighted by molar-refractivity contribution is -0.114. The number of anilines is 2. The lowest BCUT2D eigenvalue weighted by Gasteiger charge is -2.35. The van der Waals surface area contributed by atoms with E-state index >= 15 is 0 Å². The summed E-state index contributed by atoms with van der Waals surface area (Å²) in [7, 11) is 2.16. The Morgan fingerprint density at radius 3 is 2.47 bits per heavy atom. The van der Waals surface area contributed by atoms with Crippen molar-refractivity contribution in [2.45, 2.75) is 6.92 Å². The molecule has 7 heteroatoms. The van der Waals surface area contributed by atoms with Crippen molar-refractivity contribution in [1.29, 1.82) is 0 Å². The summed E-state index contributed by atoms with van der Waals surface area (Å²) in [6, 6.07) is 11.9. The van der Waals surface area contributed by atoms with Gasteiger partial charge in [0.2, 0.25) is 0 Å². The van der Waals surface area contributed by atoms with Crippen molar-refractivity contribution >= 4 is 58.3 Å². The molecule has 0 N–H and O–H groups in total. The number of amides is 1. The van der Waals surface area contributed by atoms with Crippen molar-refractivity contribution < 1.29 is 4.79 Å². The van der Waals surface area contributed by atoms with Gasteiger partial charge in [0.1, 0.15) is 0 Å². The maximum Gasteiger partial charge on any atom is 0.264 e. The molecule has 0 bridgehead atoms. The van der Waals surface area contributed by atoms with Crippen LogP contribution in [0.2, 0.25) is 10.0 Å². The SMILES string of the molecule is Cc1ccc(N2CCN(C)CC2)c(C=C2SCCN(c3ccc(Cl)c(Cl)c3)C2=O)c1. The minimum atomic E-state index is 0.00970. The summed E-state index contributed by atoms with van der Waals surface area (Å²) in [5.41, 5.74) is 4.27. The lowest BCUT2D eigenvalue weighted by Crippen LogP contribution is -2.44. The Kier molecular flexibility index (Phi) is 6.63. The summed E-state index contributed by atoms with van der Waals surface area (Å²) >= 11 is 13.8. The maximum atomic E-state index is 13.3. The first kappa shape index (κ1) is 21.6. The van der Waals surface area contributed by atoms with Crippen molar-refractivity contribution in [3.63, 3.8) is 0 Å². The first-order chi connectivity index (χ1) is 14.4. The summed E-state index contributed by atoms with van der Waals surface area (Å²) in [5, 5.41) is 0.952. The van der Waals surface area contributed by atoms with Gasteiger partial charge < -0.3 is 14.7 Å². The van der Waals surface area contributed by atoms with E-state index in [0.717, 1.165) is 48.1 Å². The molecule has 2 aromatic rings. The van der Waals surface area contributed by atoms with E-state index in [0.29, 0.717) is 16.6 Å². The van der Waals surface area contributed by atoms with E-state index in [9.17, 15) is 4.79 Å². The highest BCUT2D eigenvalue weighted by Gasteiger charge is 2.26. The molecule has 0 aromatic heterocycles. The Labute approximate surface area is 192 Å². The maximum absolute atomic E-state index is 13.3. The molecule has 2 aliphatic heterocycles. The standard InChI is InChI=1S/C23H25Cl2N3OS/c1-16-3-6-21(27-9-7-26(2)8-10-27)17(13-16)14-22-23(29)28(11-12-30-22)18-4-5-19(24)20(25)15-18/h3-6,13-15H,7-12H2,1-2H3. The zero-order chi connectivity index (χ0) is 21.3. The molecular weight excluding hydrogens is 437 g/mol. The molecule has 0 aliphatic carbocycles. The van der Waals surface area contributed by atoms with Crippen molar-refractivity contribution in [2.75, 3.05) is 55.3 Å². The number of nitrogens with zero attached hydrogens (tertiary/aromatic N) is 3. The van der Waals surface area contributed by atoms with Crippen molar-refractivity contribution in [3.05, 3.63) is 62.5 Å². The third-order valence-corrected chi connectivity index (χ3v) is 7.29. The Balaban J connectivity index is 1.64. The number of hydrogen-bond donors (Lipinski definition) is 0. The molecule has 2 heterocycles. The summed E-state index contributed by atoms with van der Waals surface area (Å²) in [6.07, 6.45) is 2.05. The van der Waals surface area contributed by atoms with Crippen LogP contribution in [0.4, 0.5) is 11.4 Å². The Morgan fingerprint density at radius 1 is 0.967 bits per heavy atom. The van der Waals surface area contributed by atoms with Gasteiger partial charge in [0.05, 0.1) is 15.0 Å². The van der Waals surface area contributed by atoms with E-state index in [-0.39, 0.29) is 5.91 Å². The van der Waals surface area contributed by atoms with Crippen LogP contribution < -0.4 is 9.80 Å². The molecular formula is C23H25Cl2N3OS. The molecule has 1 amide bonds. The third-order valence-electron chi connectivity index (χ3n) is 5.56. The number of carbonyl (C=O) groups is 1. The zero-order valence-corrected chi connectivity index (χ0v) is 19.5. The normalized spacial score (nSPS) is 19.6. The van der Waals surface area contributed by atoms with Crippen LogP contribution in [0.5, 0.6) is 0 Å². The molecule has 0 radical (unpaired) electrons. The highest BCUT2D eigenvalue weighted by molar-refractivity contribution is 8.04. The fourth-order valence-corrected chi connectivity index (χ4v) is 5.04. The number of carbonyl (C=O) groups excluding carboxylic acids is 1. The first-order valence-electron chi connectivity index (χ1n) is 10.1. The van der Waals surface area contributed by atoms with Gasteiger partial charge in [0, 0.05) is 49.9 Å². The number of piperazine rings is 1. The smallest absolute Gasteiger partial charge is 0.264 e. The molecule has 158 valence electrons. The van der Waals surface area contributed by atoms with E-state index in [1.807, 2.05) is 6.07 Å². The number of hydrogen-bond acceptors (Lipinski definition) is 4. The summed E-state index contributed by atoms with van der Waals surface area (Å²) in [5.74, 6) is 0.850. The molecule has 0 atom stereocenters. The number of thioether (sulfide) groups is 1. The number of likely N-dealkylation sites (N-methyl/N-ethyl adjacent to an activating group) is 1. The highest BCUT2D eigenvalue weighted by Crippen LogP contribution is 2.34. The van der Waals surface area contributed by atoms with Gasteiger partial charge in [-0.25, -0.2) is 0 Å². The molecule has 4 nitrogen and oxygen atoms in total. The number of rotatable bonds is 3. The number of halogens is 2.